The number of carbonyl (C=O) groups excluding carboxylic acids is 2. The van der Waals surface area contributed by atoms with Crippen molar-refractivity contribution in [3.05, 3.63) is 100 Å². The highest BCUT2D eigenvalue weighted by Crippen LogP contribution is 2.32. The summed E-state index contributed by atoms with van der Waals surface area (Å²) in [6.45, 7) is 0. The van der Waals surface area contributed by atoms with E-state index in [1.165, 1.54) is 24.3 Å². The highest BCUT2D eigenvalue weighted by molar-refractivity contribution is 6.14. The summed E-state index contributed by atoms with van der Waals surface area (Å²) in [4.78, 5) is 35.8. The monoisotopic (exact) mass is 443 g/mol. The Morgan fingerprint density at radius 2 is 1.58 bits per heavy atom. The zero-order valence-corrected chi connectivity index (χ0v) is 17.6. The molecule has 0 atom stereocenters. The lowest BCUT2D eigenvalue weighted by atomic mass is 10.1. The highest BCUT2D eigenvalue weighted by atomic mass is 16.6. The van der Waals surface area contributed by atoms with Gasteiger partial charge in [-0.1, -0.05) is 42.5 Å². The lowest BCUT2D eigenvalue weighted by Gasteiger charge is -2.08. The smallest absolute Gasteiger partial charge is 0.293 e. The van der Waals surface area contributed by atoms with Gasteiger partial charge < -0.3 is 15.1 Å². The van der Waals surface area contributed by atoms with E-state index in [0.717, 1.165) is 12.0 Å². The summed E-state index contributed by atoms with van der Waals surface area (Å²) in [6, 6.07) is 22.4. The average molecular weight is 443 g/mol. The summed E-state index contributed by atoms with van der Waals surface area (Å²) in [7, 11) is 0. The number of fused-ring (bicyclic) bond motifs is 1. The van der Waals surface area contributed by atoms with Gasteiger partial charge in [-0.3, -0.25) is 19.7 Å². The minimum absolute atomic E-state index is 0.0361. The van der Waals surface area contributed by atoms with E-state index in [1.54, 1.807) is 24.3 Å². The van der Waals surface area contributed by atoms with Crippen molar-refractivity contribution in [1.82, 2.24) is 0 Å². The first-order valence-corrected chi connectivity index (χ1v) is 10.4. The van der Waals surface area contributed by atoms with Crippen LogP contribution < -0.4 is 10.6 Å². The zero-order chi connectivity index (χ0) is 23.2. The summed E-state index contributed by atoms with van der Waals surface area (Å²) >= 11 is 0. The molecule has 0 bridgehead atoms. The number of nitro benzene ring substituents is 1. The number of nitrogens with one attached hydrogen (secondary N) is 2. The van der Waals surface area contributed by atoms with Gasteiger partial charge in [-0.05, 0) is 42.7 Å². The Labute approximate surface area is 189 Å². The Balaban J connectivity index is 1.49. The number of carbonyl (C=O) groups is 2. The number of non-ortho nitro benzene ring substituents is 1. The van der Waals surface area contributed by atoms with E-state index in [4.69, 9.17) is 4.42 Å². The lowest BCUT2D eigenvalue weighted by molar-refractivity contribution is -0.384. The molecule has 0 aliphatic rings. The summed E-state index contributed by atoms with van der Waals surface area (Å²) in [6.07, 6.45) is 1.72. The van der Waals surface area contributed by atoms with Gasteiger partial charge >= 0.3 is 0 Å². The number of furan rings is 1. The zero-order valence-electron chi connectivity index (χ0n) is 17.6. The maximum Gasteiger partial charge on any atom is 0.293 e. The molecule has 1 heterocycles. The molecule has 1 aromatic heterocycles. The number of anilines is 2. The highest BCUT2D eigenvalue weighted by Gasteiger charge is 2.22. The fourth-order valence-electron chi connectivity index (χ4n) is 3.48. The molecule has 0 aliphatic heterocycles. The number of aryl methyl sites for hydroxylation is 1. The van der Waals surface area contributed by atoms with Crippen LogP contribution in [0, 0.1) is 10.1 Å². The van der Waals surface area contributed by atoms with Crippen molar-refractivity contribution in [3.63, 3.8) is 0 Å². The van der Waals surface area contributed by atoms with Gasteiger partial charge in [-0.15, -0.1) is 0 Å². The topological polar surface area (TPSA) is 114 Å². The molecule has 3 aromatic carbocycles. The molecule has 0 radical (unpaired) electrons. The van der Waals surface area contributed by atoms with E-state index in [0.29, 0.717) is 28.8 Å². The SMILES string of the molecule is O=C(CCCc1ccccc1)Nc1c(C(=O)Nc2ccc([N+](=O)[O-])cc2)oc2ccccc12. The number of nitro groups is 1. The molecule has 8 heteroatoms. The fraction of sp³-hybridized carbons (Fsp3) is 0.120. The first-order chi connectivity index (χ1) is 16.0. The van der Waals surface area contributed by atoms with Crippen molar-refractivity contribution in [1.29, 1.82) is 0 Å². The van der Waals surface area contributed by atoms with Crippen molar-refractivity contribution in [3.8, 4) is 0 Å². The van der Waals surface area contributed by atoms with E-state index in [-0.39, 0.29) is 23.8 Å². The lowest BCUT2D eigenvalue weighted by Crippen LogP contribution is -2.17. The summed E-state index contributed by atoms with van der Waals surface area (Å²) in [5, 5.41) is 16.9. The van der Waals surface area contributed by atoms with Crippen LogP contribution in [0.15, 0.2) is 83.3 Å². The number of nitrogens with zero attached hydrogens (tertiary/aromatic N) is 1. The second-order valence-corrected chi connectivity index (χ2v) is 7.45. The summed E-state index contributed by atoms with van der Waals surface area (Å²) < 4.78 is 5.73. The molecule has 33 heavy (non-hydrogen) atoms. The van der Waals surface area contributed by atoms with Gasteiger partial charge in [-0.2, -0.15) is 0 Å². The number of benzene rings is 3. The van der Waals surface area contributed by atoms with Crippen molar-refractivity contribution in [2.24, 2.45) is 0 Å². The second-order valence-electron chi connectivity index (χ2n) is 7.45. The van der Waals surface area contributed by atoms with Gasteiger partial charge in [0.15, 0.2) is 0 Å². The van der Waals surface area contributed by atoms with Crippen LogP contribution in [-0.4, -0.2) is 16.7 Å². The van der Waals surface area contributed by atoms with E-state index in [9.17, 15) is 19.7 Å². The van der Waals surface area contributed by atoms with Crippen LogP contribution in [0.4, 0.5) is 17.1 Å². The molecule has 4 aromatic rings. The van der Waals surface area contributed by atoms with Crippen LogP contribution in [0.2, 0.25) is 0 Å². The number of hydrogen-bond acceptors (Lipinski definition) is 5. The van der Waals surface area contributed by atoms with E-state index in [2.05, 4.69) is 10.6 Å². The maximum absolute atomic E-state index is 12.9. The Morgan fingerprint density at radius 3 is 2.30 bits per heavy atom. The van der Waals surface area contributed by atoms with Gasteiger partial charge in [0.25, 0.3) is 11.6 Å². The molecule has 0 unspecified atom stereocenters. The molecule has 2 N–H and O–H groups in total. The predicted octanol–water partition coefficient (Wildman–Crippen LogP) is 5.55. The van der Waals surface area contributed by atoms with Gasteiger partial charge in [-0.25, -0.2) is 0 Å². The molecule has 0 saturated carbocycles. The Morgan fingerprint density at radius 1 is 0.879 bits per heavy atom. The Hall–Kier alpha value is -4.46. The number of hydrogen-bond donors (Lipinski definition) is 2. The van der Waals surface area contributed by atoms with E-state index >= 15 is 0 Å². The second kappa shape index (κ2) is 9.78. The standard InChI is InChI=1S/C25H21N3O5/c29-22(12-6-9-17-7-2-1-3-8-17)27-23-20-10-4-5-11-21(20)33-24(23)25(30)26-18-13-15-19(16-14-18)28(31)32/h1-5,7-8,10-11,13-16H,6,9,12H2,(H,26,30)(H,27,29). The normalized spacial score (nSPS) is 10.7. The van der Waals surface area contributed by atoms with Gasteiger partial charge in [0.1, 0.15) is 11.3 Å². The number of amides is 2. The molecular weight excluding hydrogens is 422 g/mol. The quantitative estimate of drug-likeness (QED) is 0.273. The van der Waals surface area contributed by atoms with Gasteiger partial charge in [0.2, 0.25) is 11.7 Å². The Bertz CT molecular complexity index is 1300. The van der Waals surface area contributed by atoms with Crippen LogP contribution >= 0.6 is 0 Å². The molecule has 0 fully saturated rings. The van der Waals surface area contributed by atoms with Crippen LogP contribution in [0.25, 0.3) is 11.0 Å². The summed E-state index contributed by atoms with van der Waals surface area (Å²) in [5.74, 6) is -0.826. The minimum Gasteiger partial charge on any atom is -0.449 e. The van der Waals surface area contributed by atoms with E-state index in [1.807, 2.05) is 30.3 Å². The number of para-hydroxylation sites is 1. The third-order valence-electron chi connectivity index (χ3n) is 5.11. The number of rotatable bonds is 8. The molecule has 0 aliphatic carbocycles. The molecule has 0 saturated heterocycles. The predicted molar refractivity (Wildman–Crippen MR) is 125 cm³/mol. The first kappa shape index (κ1) is 21.8. The summed E-state index contributed by atoms with van der Waals surface area (Å²) in [5.41, 5.74) is 2.20. The minimum atomic E-state index is -0.570. The van der Waals surface area contributed by atoms with Crippen molar-refractivity contribution < 1.29 is 18.9 Å². The van der Waals surface area contributed by atoms with Crippen LogP contribution in [0.1, 0.15) is 29.0 Å². The molecule has 0 spiro atoms. The van der Waals surface area contributed by atoms with E-state index < -0.39 is 10.8 Å². The molecule has 2 amide bonds. The van der Waals surface area contributed by atoms with Crippen LogP contribution in [-0.2, 0) is 11.2 Å². The third kappa shape index (κ3) is 5.24. The third-order valence-corrected chi connectivity index (χ3v) is 5.11. The first-order valence-electron chi connectivity index (χ1n) is 10.4. The van der Waals surface area contributed by atoms with Gasteiger partial charge in [0.05, 0.1) is 4.92 Å². The fourth-order valence-corrected chi connectivity index (χ4v) is 3.48. The van der Waals surface area contributed by atoms with Crippen LogP contribution in [0.5, 0.6) is 0 Å². The molecule has 166 valence electrons. The van der Waals surface area contributed by atoms with Gasteiger partial charge in [0, 0.05) is 29.6 Å². The molecule has 4 rings (SSSR count). The molecule has 8 nitrogen and oxygen atoms in total. The van der Waals surface area contributed by atoms with Crippen LogP contribution in [0.3, 0.4) is 0 Å². The largest absolute Gasteiger partial charge is 0.449 e. The van der Waals surface area contributed by atoms with Crippen molar-refractivity contribution >= 4 is 39.8 Å². The Kier molecular flexibility index (Phi) is 6.45. The molecular formula is C25H21N3O5. The van der Waals surface area contributed by atoms with Crippen molar-refractivity contribution in [2.45, 2.75) is 19.3 Å². The average Bonchev–Trinajstić information content (AvgIpc) is 3.18. The maximum atomic E-state index is 12.9. The van der Waals surface area contributed by atoms with Crippen molar-refractivity contribution in [2.75, 3.05) is 10.6 Å².